The number of hydrogen-bond donors (Lipinski definition) is 2. The quantitative estimate of drug-likeness (QED) is 0.715. The first kappa shape index (κ1) is 18.9. The minimum atomic E-state index is -3.81. The van der Waals surface area contributed by atoms with Crippen LogP contribution in [0, 0.1) is 0 Å². The van der Waals surface area contributed by atoms with E-state index in [2.05, 4.69) is 15.9 Å². The number of ether oxygens (including phenoxy) is 1. The summed E-state index contributed by atoms with van der Waals surface area (Å²) in [6, 6.07) is 9.55. The Kier molecular flexibility index (Phi) is 5.09. The van der Waals surface area contributed by atoms with Gasteiger partial charge >= 0.3 is 5.97 Å². The van der Waals surface area contributed by atoms with Crippen molar-refractivity contribution in [3.8, 4) is 5.75 Å². The number of carbonyl (C=O) groups is 1. The number of halogens is 1. The molecular formula is C18H17BrO6S. The van der Waals surface area contributed by atoms with Crippen LogP contribution >= 0.6 is 15.9 Å². The van der Waals surface area contributed by atoms with Crippen LogP contribution in [0.25, 0.3) is 0 Å². The minimum Gasteiger partial charge on any atom is -0.495 e. The predicted octanol–water partition coefficient (Wildman–Crippen LogP) is 2.98. The van der Waals surface area contributed by atoms with Crippen LogP contribution in [0.5, 0.6) is 5.75 Å². The maximum atomic E-state index is 13.0. The van der Waals surface area contributed by atoms with Crippen LogP contribution < -0.4 is 4.74 Å². The highest BCUT2D eigenvalue weighted by Crippen LogP contribution is 2.44. The lowest BCUT2D eigenvalue weighted by molar-refractivity contribution is 0.0692. The molecule has 0 heterocycles. The molecule has 1 saturated carbocycles. The Labute approximate surface area is 159 Å². The van der Waals surface area contributed by atoms with Crippen LogP contribution in [0.1, 0.15) is 33.8 Å². The summed E-state index contributed by atoms with van der Waals surface area (Å²) in [4.78, 5) is 11.8. The second-order valence-corrected chi connectivity index (χ2v) is 8.94. The van der Waals surface area contributed by atoms with E-state index in [0.717, 1.165) is 0 Å². The monoisotopic (exact) mass is 440 g/mol. The zero-order valence-corrected chi connectivity index (χ0v) is 16.2. The van der Waals surface area contributed by atoms with Crippen molar-refractivity contribution in [1.82, 2.24) is 0 Å². The summed E-state index contributed by atoms with van der Waals surface area (Å²) in [6.45, 7) is 0. The standard InChI is InChI=1S/C18H17BrO6S/c1-25-17-13(19)7-6-10(16(17)18(21)22)9-26(23,24)15-5-3-2-4-11(15)12-8-14(12)20/h2-7,12,14,20H,8-9H2,1H3,(H,21,22). The summed E-state index contributed by atoms with van der Waals surface area (Å²) >= 11 is 3.21. The van der Waals surface area contributed by atoms with Gasteiger partial charge in [-0.2, -0.15) is 0 Å². The number of aromatic carboxylic acids is 1. The lowest BCUT2D eigenvalue weighted by Gasteiger charge is -2.14. The number of benzene rings is 2. The molecule has 138 valence electrons. The molecule has 0 amide bonds. The molecule has 0 radical (unpaired) electrons. The highest BCUT2D eigenvalue weighted by molar-refractivity contribution is 9.10. The fourth-order valence-electron chi connectivity index (χ4n) is 3.02. The van der Waals surface area contributed by atoms with Gasteiger partial charge in [-0.3, -0.25) is 0 Å². The lowest BCUT2D eigenvalue weighted by Crippen LogP contribution is -2.13. The summed E-state index contributed by atoms with van der Waals surface area (Å²) in [5, 5.41) is 19.2. The molecule has 2 N–H and O–H groups in total. The number of rotatable bonds is 6. The molecule has 3 rings (SSSR count). The summed E-state index contributed by atoms with van der Waals surface area (Å²) in [7, 11) is -2.48. The first-order valence-electron chi connectivity index (χ1n) is 7.84. The van der Waals surface area contributed by atoms with Gasteiger partial charge in [0.05, 0.1) is 28.3 Å². The molecule has 1 aliphatic carbocycles. The Hall–Kier alpha value is -1.90. The highest BCUT2D eigenvalue weighted by atomic mass is 79.9. The Bertz CT molecular complexity index is 970. The minimum absolute atomic E-state index is 0.0797. The van der Waals surface area contributed by atoms with Crippen molar-refractivity contribution in [2.24, 2.45) is 0 Å². The smallest absolute Gasteiger partial charge is 0.339 e. The van der Waals surface area contributed by atoms with E-state index in [1.165, 1.54) is 19.2 Å². The third kappa shape index (κ3) is 3.49. The fraction of sp³-hybridized carbons (Fsp3) is 0.278. The molecule has 8 heteroatoms. The maximum absolute atomic E-state index is 13.0. The molecule has 2 unspecified atom stereocenters. The molecular weight excluding hydrogens is 424 g/mol. The predicted molar refractivity (Wildman–Crippen MR) is 98.3 cm³/mol. The van der Waals surface area contributed by atoms with Gasteiger partial charge in [0.2, 0.25) is 0 Å². The molecule has 0 aromatic heterocycles. The largest absolute Gasteiger partial charge is 0.495 e. The van der Waals surface area contributed by atoms with Crippen molar-refractivity contribution in [1.29, 1.82) is 0 Å². The SMILES string of the molecule is COc1c(Br)ccc(CS(=O)(=O)c2ccccc2C2CC2O)c1C(=O)O. The lowest BCUT2D eigenvalue weighted by atomic mass is 10.1. The van der Waals surface area contributed by atoms with E-state index in [1.54, 1.807) is 24.3 Å². The van der Waals surface area contributed by atoms with Gasteiger partial charge in [0.25, 0.3) is 0 Å². The van der Waals surface area contributed by atoms with Gasteiger partial charge in [-0.25, -0.2) is 13.2 Å². The van der Waals surface area contributed by atoms with Crippen molar-refractivity contribution < 1.29 is 28.2 Å². The summed E-state index contributed by atoms with van der Waals surface area (Å²) in [5.41, 5.74) is 0.527. The van der Waals surface area contributed by atoms with Gasteiger partial charge in [-0.15, -0.1) is 0 Å². The molecule has 2 aromatic carbocycles. The van der Waals surface area contributed by atoms with E-state index in [9.17, 15) is 23.4 Å². The van der Waals surface area contributed by atoms with Crippen LogP contribution in [0.3, 0.4) is 0 Å². The molecule has 0 spiro atoms. The number of carboxylic acids is 1. The molecule has 26 heavy (non-hydrogen) atoms. The number of carboxylic acid groups (broad SMARTS) is 1. The van der Waals surface area contributed by atoms with E-state index >= 15 is 0 Å². The molecule has 0 saturated heterocycles. The molecule has 2 aromatic rings. The Balaban J connectivity index is 2.06. The van der Waals surface area contributed by atoms with Crippen LogP contribution in [-0.2, 0) is 15.6 Å². The number of sulfone groups is 1. The molecule has 2 atom stereocenters. The third-order valence-electron chi connectivity index (χ3n) is 4.37. The molecule has 0 aliphatic heterocycles. The van der Waals surface area contributed by atoms with Crippen molar-refractivity contribution in [3.05, 3.63) is 57.6 Å². The van der Waals surface area contributed by atoms with Crippen LogP contribution in [0.15, 0.2) is 45.8 Å². The zero-order valence-electron chi connectivity index (χ0n) is 13.8. The van der Waals surface area contributed by atoms with Crippen LogP contribution in [-0.4, -0.2) is 37.8 Å². The van der Waals surface area contributed by atoms with Crippen molar-refractivity contribution in [3.63, 3.8) is 0 Å². The number of hydrogen-bond acceptors (Lipinski definition) is 5. The van der Waals surface area contributed by atoms with E-state index in [-0.39, 0.29) is 27.7 Å². The Morgan fingerprint density at radius 1 is 1.27 bits per heavy atom. The van der Waals surface area contributed by atoms with Gasteiger partial charge in [0, 0.05) is 5.92 Å². The Morgan fingerprint density at radius 3 is 2.50 bits per heavy atom. The van der Waals surface area contributed by atoms with Crippen molar-refractivity contribution >= 4 is 31.7 Å². The van der Waals surface area contributed by atoms with Crippen LogP contribution in [0.4, 0.5) is 0 Å². The number of aliphatic hydroxyl groups excluding tert-OH is 1. The third-order valence-corrected chi connectivity index (χ3v) is 6.73. The Morgan fingerprint density at radius 2 is 1.92 bits per heavy atom. The fourth-order valence-corrected chi connectivity index (χ4v) is 5.18. The summed E-state index contributed by atoms with van der Waals surface area (Å²) in [6.07, 6.45) is -0.00680. The van der Waals surface area contributed by atoms with E-state index in [4.69, 9.17) is 4.74 Å². The number of aliphatic hydroxyl groups is 1. The summed E-state index contributed by atoms with van der Waals surface area (Å²) in [5.74, 6) is -1.85. The second-order valence-electron chi connectivity index (χ2n) is 6.13. The molecule has 6 nitrogen and oxygen atoms in total. The maximum Gasteiger partial charge on any atom is 0.339 e. The van der Waals surface area contributed by atoms with E-state index in [0.29, 0.717) is 16.5 Å². The van der Waals surface area contributed by atoms with Crippen LogP contribution in [0.2, 0.25) is 0 Å². The van der Waals surface area contributed by atoms with Gasteiger partial charge < -0.3 is 14.9 Å². The molecule has 1 fully saturated rings. The van der Waals surface area contributed by atoms with Gasteiger partial charge in [-0.05, 0) is 45.6 Å². The number of methoxy groups -OCH3 is 1. The van der Waals surface area contributed by atoms with Gasteiger partial charge in [-0.1, -0.05) is 24.3 Å². The topological polar surface area (TPSA) is 101 Å². The zero-order chi connectivity index (χ0) is 19.1. The first-order valence-corrected chi connectivity index (χ1v) is 10.3. The molecule has 1 aliphatic rings. The van der Waals surface area contributed by atoms with E-state index < -0.39 is 27.7 Å². The first-order chi connectivity index (χ1) is 12.3. The van der Waals surface area contributed by atoms with Crippen molar-refractivity contribution in [2.45, 2.75) is 29.1 Å². The van der Waals surface area contributed by atoms with Crippen molar-refractivity contribution in [2.75, 3.05) is 7.11 Å². The average Bonchev–Trinajstić information content (AvgIpc) is 3.32. The van der Waals surface area contributed by atoms with E-state index in [1.807, 2.05) is 0 Å². The average molecular weight is 441 g/mol. The van der Waals surface area contributed by atoms with Gasteiger partial charge in [0.15, 0.2) is 9.84 Å². The molecule has 0 bridgehead atoms. The second kappa shape index (κ2) is 7.02. The van der Waals surface area contributed by atoms with Gasteiger partial charge in [0.1, 0.15) is 11.3 Å². The summed E-state index contributed by atoms with van der Waals surface area (Å²) < 4.78 is 31.5. The highest BCUT2D eigenvalue weighted by Gasteiger charge is 2.40. The normalized spacial score (nSPS) is 19.2.